The number of hydrogen-bond acceptors (Lipinski definition) is 4. The Morgan fingerprint density at radius 3 is 2.44 bits per heavy atom. The minimum atomic E-state index is -2.80. The molecular weight excluding hydrogens is 248 g/mol. The highest BCUT2D eigenvalue weighted by atomic mass is 32.2. The molecule has 0 spiro atoms. The molecule has 1 aliphatic heterocycles. The molecule has 108 valence electrons. The molecule has 0 saturated carbocycles. The van der Waals surface area contributed by atoms with Gasteiger partial charge < -0.3 is 5.32 Å². The van der Waals surface area contributed by atoms with E-state index in [9.17, 15) is 8.42 Å². The number of nitrogens with zero attached hydrogens (tertiary/aromatic N) is 1. The minimum Gasteiger partial charge on any atom is -0.312 e. The predicted octanol–water partition coefficient (Wildman–Crippen LogP) is 1.27. The lowest BCUT2D eigenvalue weighted by Gasteiger charge is -2.38. The fourth-order valence-electron chi connectivity index (χ4n) is 2.70. The van der Waals surface area contributed by atoms with E-state index in [0.29, 0.717) is 30.1 Å². The van der Waals surface area contributed by atoms with Crippen LogP contribution in [0.2, 0.25) is 0 Å². The average molecular weight is 276 g/mol. The summed E-state index contributed by atoms with van der Waals surface area (Å²) in [4.78, 5) is 2.32. The maximum absolute atomic E-state index is 11.5. The predicted molar refractivity (Wildman–Crippen MR) is 76.7 cm³/mol. The number of sulfone groups is 1. The summed E-state index contributed by atoms with van der Waals surface area (Å²) < 4.78 is 23.1. The molecule has 0 amide bonds. The van der Waals surface area contributed by atoms with E-state index in [1.54, 1.807) is 0 Å². The summed E-state index contributed by atoms with van der Waals surface area (Å²) in [6.45, 7) is 10.2. The normalized spacial score (nSPS) is 26.4. The maximum Gasteiger partial charge on any atom is 0.153 e. The van der Waals surface area contributed by atoms with Gasteiger partial charge in [0.1, 0.15) is 0 Å². The molecule has 1 fully saturated rings. The molecule has 1 heterocycles. The van der Waals surface area contributed by atoms with Gasteiger partial charge in [0.05, 0.1) is 11.5 Å². The first-order chi connectivity index (χ1) is 8.39. The van der Waals surface area contributed by atoms with Gasteiger partial charge in [0.2, 0.25) is 0 Å². The molecule has 1 saturated heterocycles. The van der Waals surface area contributed by atoms with E-state index in [2.05, 4.69) is 31.0 Å². The smallest absolute Gasteiger partial charge is 0.153 e. The average Bonchev–Trinajstić information content (AvgIpc) is 2.28. The zero-order valence-electron chi connectivity index (χ0n) is 12.1. The van der Waals surface area contributed by atoms with E-state index in [4.69, 9.17) is 0 Å². The minimum absolute atomic E-state index is 0.141. The van der Waals surface area contributed by atoms with Gasteiger partial charge in [-0.05, 0) is 26.7 Å². The molecule has 0 radical (unpaired) electrons. The molecule has 5 heteroatoms. The Morgan fingerprint density at radius 2 is 1.94 bits per heavy atom. The second kappa shape index (κ2) is 6.87. The van der Waals surface area contributed by atoms with Crippen LogP contribution in [0.25, 0.3) is 0 Å². The van der Waals surface area contributed by atoms with Gasteiger partial charge >= 0.3 is 0 Å². The zero-order valence-corrected chi connectivity index (χ0v) is 13.0. The fraction of sp³-hybridized carbons (Fsp3) is 1.00. The Bertz CT molecular complexity index is 339. The monoisotopic (exact) mass is 276 g/mol. The van der Waals surface area contributed by atoms with Crippen molar-refractivity contribution in [2.75, 3.05) is 24.6 Å². The van der Waals surface area contributed by atoms with Crippen molar-refractivity contribution in [3.8, 4) is 0 Å². The molecule has 1 aliphatic rings. The van der Waals surface area contributed by atoms with Crippen LogP contribution in [-0.2, 0) is 9.84 Å². The van der Waals surface area contributed by atoms with E-state index in [1.165, 1.54) is 0 Å². The lowest BCUT2D eigenvalue weighted by Crippen LogP contribution is -2.54. The van der Waals surface area contributed by atoms with E-state index >= 15 is 0 Å². The molecule has 0 bridgehead atoms. The zero-order chi connectivity index (χ0) is 13.8. The van der Waals surface area contributed by atoms with Crippen molar-refractivity contribution < 1.29 is 8.42 Å². The number of nitrogens with one attached hydrogen (secondary N) is 1. The van der Waals surface area contributed by atoms with Crippen molar-refractivity contribution in [1.29, 1.82) is 0 Å². The Hall–Kier alpha value is -0.130. The van der Waals surface area contributed by atoms with Crippen LogP contribution in [0.5, 0.6) is 0 Å². The molecule has 0 aromatic rings. The third kappa shape index (κ3) is 4.52. The maximum atomic E-state index is 11.5. The molecule has 4 nitrogen and oxygen atoms in total. The van der Waals surface area contributed by atoms with Crippen LogP contribution in [-0.4, -0.2) is 56.0 Å². The van der Waals surface area contributed by atoms with Crippen molar-refractivity contribution >= 4 is 9.84 Å². The first kappa shape index (κ1) is 15.9. The highest BCUT2D eigenvalue weighted by Gasteiger charge is 2.30. The number of rotatable bonds is 6. The Kier molecular flexibility index (Phi) is 6.08. The third-order valence-corrected chi connectivity index (χ3v) is 5.77. The lowest BCUT2D eigenvalue weighted by molar-refractivity contribution is 0.162. The summed E-state index contributed by atoms with van der Waals surface area (Å²) in [6, 6.07) is 1.12. The lowest BCUT2D eigenvalue weighted by atomic mass is 10.1. The molecule has 1 rings (SSSR count). The highest BCUT2D eigenvalue weighted by Crippen LogP contribution is 2.14. The van der Waals surface area contributed by atoms with E-state index in [-0.39, 0.29) is 6.04 Å². The van der Waals surface area contributed by atoms with Gasteiger partial charge in [0.15, 0.2) is 9.84 Å². The quantitative estimate of drug-likeness (QED) is 0.794. The summed E-state index contributed by atoms with van der Waals surface area (Å²) in [7, 11) is -2.80. The van der Waals surface area contributed by atoms with Crippen molar-refractivity contribution in [2.45, 2.75) is 58.7 Å². The number of hydrogen-bond donors (Lipinski definition) is 1. The van der Waals surface area contributed by atoms with Crippen molar-refractivity contribution in [2.24, 2.45) is 0 Å². The third-order valence-electron chi connectivity index (χ3n) is 3.98. The van der Waals surface area contributed by atoms with Crippen LogP contribution >= 0.6 is 0 Å². The first-order valence-electron chi connectivity index (χ1n) is 7.09. The molecule has 0 aromatic heterocycles. The van der Waals surface area contributed by atoms with Crippen LogP contribution in [0.15, 0.2) is 0 Å². The summed E-state index contributed by atoms with van der Waals surface area (Å²) in [5.41, 5.74) is 0. The van der Waals surface area contributed by atoms with Crippen LogP contribution < -0.4 is 5.32 Å². The van der Waals surface area contributed by atoms with Gasteiger partial charge in [-0.1, -0.05) is 13.8 Å². The van der Waals surface area contributed by atoms with Crippen molar-refractivity contribution in [3.05, 3.63) is 0 Å². The summed E-state index contributed by atoms with van der Waals surface area (Å²) in [5.74, 6) is 0.620. The largest absolute Gasteiger partial charge is 0.312 e. The molecule has 0 aliphatic carbocycles. The van der Waals surface area contributed by atoms with Gasteiger partial charge in [-0.15, -0.1) is 0 Å². The summed E-state index contributed by atoms with van der Waals surface area (Å²) in [5, 5.41) is 3.57. The Labute approximate surface area is 112 Å². The molecule has 18 heavy (non-hydrogen) atoms. The van der Waals surface area contributed by atoms with E-state index in [0.717, 1.165) is 19.4 Å². The van der Waals surface area contributed by atoms with Crippen LogP contribution in [0.3, 0.4) is 0 Å². The van der Waals surface area contributed by atoms with Crippen LogP contribution in [0, 0.1) is 0 Å². The molecule has 2 unspecified atom stereocenters. The summed E-state index contributed by atoms with van der Waals surface area (Å²) >= 11 is 0. The van der Waals surface area contributed by atoms with Gasteiger partial charge in [-0.2, -0.15) is 0 Å². The fourth-order valence-corrected chi connectivity index (χ4v) is 4.28. The second-order valence-electron chi connectivity index (χ2n) is 5.47. The van der Waals surface area contributed by atoms with E-state index < -0.39 is 9.84 Å². The molecule has 2 atom stereocenters. The molecule has 0 aromatic carbocycles. The molecular formula is C13H28N2O2S. The van der Waals surface area contributed by atoms with Crippen molar-refractivity contribution in [1.82, 2.24) is 10.2 Å². The first-order valence-corrected chi connectivity index (χ1v) is 8.91. The molecule has 1 N–H and O–H groups in total. The van der Waals surface area contributed by atoms with Gasteiger partial charge in [-0.3, -0.25) is 4.90 Å². The van der Waals surface area contributed by atoms with Gasteiger partial charge in [0.25, 0.3) is 0 Å². The van der Waals surface area contributed by atoms with Crippen molar-refractivity contribution in [3.63, 3.8) is 0 Å². The Morgan fingerprint density at radius 1 is 1.33 bits per heavy atom. The Balaban J connectivity index is 2.45. The second-order valence-corrected chi connectivity index (χ2v) is 7.70. The van der Waals surface area contributed by atoms with Gasteiger partial charge in [-0.25, -0.2) is 8.42 Å². The van der Waals surface area contributed by atoms with Crippen LogP contribution in [0.1, 0.15) is 40.5 Å². The topological polar surface area (TPSA) is 49.4 Å². The van der Waals surface area contributed by atoms with Crippen LogP contribution in [0.4, 0.5) is 0 Å². The standard InChI is InChI=1S/C13H28N2O2S/c1-5-13(6-2)14-9-11(3)15-7-8-18(16,17)10-12(15)4/h11-14H,5-10H2,1-4H3. The van der Waals surface area contributed by atoms with E-state index in [1.807, 2.05) is 6.92 Å². The summed E-state index contributed by atoms with van der Waals surface area (Å²) in [6.07, 6.45) is 2.29. The SMILES string of the molecule is CCC(CC)NCC(C)N1CCS(=O)(=O)CC1C. The highest BCUT2D eigenvalue weighted by molar-refractivity contribution is 7.91. The van der Waals surface area contributed by atoms with Gasteiger partial charge in [0, 0.05) is 31.2 Å².